The first-order chi connectivity index (χ1) is 16.4. The van der Waals surface area contributed by atoms with Gasteiger partial charge in [-0.25, -0.2) is 0 Å². The van der Waals surface area contributed by atoms with Gasteiger partial charge in [-0.15, -0.1) is 0 Å². The van der Waals surface area contributed by atoms with Gasteiger partial charge < -0.3 is 20.1 Å². The summed E-state index contributed by atoms with van der Waals surface area (Å²) in [4.78, 5) is 50.6. The Kier molecular flexibility index (Phi) is 7.17. The number of imide groups is 1. The summed E-state index contributed by atoms with van der Waals surface area (Å²) in [5.41, 5.74) is 2.14. The van der Waals surface area contributed by atoms with Crippen LogP contribution in [-0.4, -0.2) is 54.3 Å². The van der Waals surface area contributed by atoms with E-state index < -0.39 is 11.1 Å². The molecule has 0 unspecified atom stereocenters. The number of nitrogens with zero attached hydrogens (tertiary/aromatic N) is 1. The summed E-state index contributed by atoms with van der Waals surface area (Å²) in [5, 5.41) is 5.00. The second kappa shape index (κ2) is 10.4. The lowest BCUT2D eigenvalue weighted by molar-refractivity contribution is -0.124. The van der Waals surface area contributed by atoms with Gasteiger partial charge in [-0.1, -0.05) is 24.3 Å². The maximum atomic E-state index is 12.6. The number of aryl methyl sites for hydroxylation is 1. The van der Waals surface area contributed by atoms with Crippen LogP contribution in [0, 0.1) is 6.92 Å². The molecule has 0 radical (unpaired) electrons. The lowest BCUT2D eigenvalue weighted by Crippen LogP contribution is -2.38. The summed E-state index contributed by atoms with van der Waals surface area (Å²) in [6.45, 7) is 2.36. The van der Waals surface area contributed by atoms with Crippen molar-refractivity contribution < 1.29 is 28.7 Å². The van der Waals surface area contributed by atoms with Gasteiger partial charge >= 0.3 is 0 Å². The van der Waals surface area contributed by atoms with E-state index in [4.69, 9.17) is 9.47 Å². The van der Waals surface area contributed by atoms with Crippen molar-refractivity contribution in [2.75, 3.05) is 26.4 Å². The minimum absolute atomic E-state index is 0.0600. The quantitative estimate of drug-likeness (QED) is 0.557. The van der Waals surface area contributed by atoms with Crippen molar-refractivity contribution in [3.8, 4) is 11.5 Å². The number of nitrogens with one attached hydrogen (secondary N) is 2. The zero-order valence-electron chi connectivity index (χ0n) is 18.5. The van der Waals surface area contributed by atoms with Crippen LogP contribution in [0.5, 0.6) is 11.5 Å². The van der Waals surface area contributed by atoms with Gasteiger partial charge in [-0.2, -0.15) is 0 Å². The Balaban J connectivity index is 1.22. The Bertz CT molecular complexity index is 1180. The smallest absolute Gasteiger partial charge is 0.293 e. The standard InChI is InChI=1S/C24H23N3O6S/c1-15-4-2-3-5-17(15)22(29)26-9-8-21(28)25-10-11-27-23(30)20(34-24(27)31)13-16-6-7-18-19(12-16)33-14-32-18/h2-7,12-13H,8-11,14H2,1H3,(H,25,28)(H,26,29). The van der Waals surface area contributed by atoms with Crippen molar-refractivity contribution in [1.29, 1.82) is 0 Å². The summed E-state index contributed by atoms with van der Waals surface area (Å²) < 4.78 is 10.6. The van der Waals surface area contributed by atoms with Crippen molar-refractivity contribution >= 4 is 40.8 Å². The predicted octanol–water partition coefficient (Wildman–Crippen LogP) is 2.70. The maximum absolute atomic E-state index is 12.6. The molecule has 0 bridgehead atoms. The van der Waals surface area contributed by atoms with E-state index in [1.54, 1.807) is 36.4 Å². The Morgan fingerprint density at radius 1 is 1.06 bits per heavy atom. The van der Waals surface area contributed by atoms with E-state index in [2.05, 4.69) is 10.6 Å². The summed E-state index contributed by atoms with van der Waals surface area (Å²) in [6.07, 6.45) is 1.71. The van der Waals surface area contributed by atoms with Crippen LogP contribution in [0.4, 0.5) is 4.79 Å². The fourth-order valence-corrected chi connectivity index (χ4v) is 4.32. The molecule has 34 heavy (non-hydrogen) atoms. The molecule has 10 heteroatoms. The van der Waals surface area contributed by atoms with Gasteiger partial charge in [-0.3, -0.25) is 24.1 Å². The minimum Gasteiger partial charge on any atom is -0.454 e. The predicted molar refractivity (Wildman–Crippen MR) is 126 cm³/mol. The van der Waals surface area contributed by atoms with Gasteiger partial charge in [0.1, 0.15) is 0 Å². The van der Waals surface area contributed by atoms with E-state index in [1.807, 2.05) is 19.1 Å². The molecule has 4 rings (SSSR count). The largest absolute Gasteiger partial charge is 0.454 e. The number of thioether (sulfide) groups is 1. The Morgan fingerprint density at radius 3 is 2.68 bits per heavy atom. The molecule has 4 amide bonds. The van der Waals surface area contributed by atoms with Gasteiger partial charge in [0, 0.05) is 31.6 Å². The molecule has 2 aliphatic rings. The summed E-state index contributed by atoms with van der Waals surface area (Å²) in [7, 11) is 0. The van der Waals surface area contributed by atoms with Crippen LogP contribution in [0.25, 0.3) is 6.08 Å². The molecule has 0 atom stereocenters. The van der Waals surface area contributed by atoms with Crippen LogP contribution in [0.2, 0.25) is 0 Å². The second-order valence-corrected chi connectivity index (χ2v) is 8.61. The highest BCUT2D eigenvalue weighted by Crippen LogP contribution is 2.36. The van der Waals surface area contributed by atoms with Gasteiger partial charge in [0.15, 0.2) is 11.5 Å². The second-order valence-electron chi connectivity index (χ2n) is 7.62. The van der Waals surface area contributed by atoms with E-state index in [9.17, 15) is 19.2 Å². The molecule has 9 nitrogen and oxygen atoms in total. The van der Waals surface area contributed by atoms with E-state index in [1.165, 1.54) is 0 Å². The first-order valence-electron chi connectivity index (χ1n) is 10.7. The summed E-state index contributed by atoms with van der Waals surface area (Å²) in [6, 6.07) is 12.5. The molecule has 2 aromatic carbocycles. The molecule has 0 aromatic heterocycles. The van der Waals surface area contributed by atoms with Crippen molar-refractivity contribution in [3.05, 3.63) is 64.1 Å². The molecule has 1 saturated heterocycles. The highest BCUT2D eigenvalue weighted by atomic mass is 32.2. The van der Waals surface area contributed by atoms with Crippen molar-refractivity contribution in [2.45, 2.75) is 13.3 Å². The first-order valence-corrected chi connectivity index (χ1v) is 11.5. The van der Waals surface area contributed by atoms with Gasteiger partial charge in [0.25, 0.3) is 17.1 Å². The first kappa shape index (κ1) is 23.4. The Hall–Kier alpha value is -3.79. The summed E-state index contributed by atoms with van der Waals surface area (Å²) in [5.74, 6) is 0.292. The Labute approximate surface area is 200 Å². The lowest BCUT2D eigenvalue weighted by atomic mass is 10.1. The molecular weight excluding hydrogens is 458 g/mol. The third kappa shape index (κ3) is 5.40. The number of carbonyl (C=O) groups is 4. The number of ether oxygens (including phenoxy) is 2. The average Bonchev–Trinajstić information content (AvgIpc) is 3.38. The highest BCUT2D eigenvalue weighted by Gasteiger charge is 2.34. The van der Waals surface area contributed by atoms with Crippen molar-refractivity contribution in [3.63, 3.8) is 0 Å². The van der Waals surface area contributed by atoms with Crippen LogP contribution in [0.3, 0.4) is 0 Å². The fourth-order valence-electron chi connectivity index (χ4n) is 3.46. The van der Waals surface area contributed by atoms with E-state index in [-0.39, 0.29) is 44.7 Å². The molecule has 2 heterocycles. The average molecular weight is 482 g/mol. The molecule has 0 saturated carbocycles. The monoisotopic (exact) mass is 481 g/mol. The zero-order valence-corrected chi connectivity index (χ0v) is 19.3. The number of amides is 4. The number of benzene rings is 2. The SMILES string of the molecule is Cc1ccccc1C(=O)NCCC(=O)NCCN1C(=O)SC(=Cc2ccc3c(c2)OCO3)C1=O. The van der Waals surface area contributed by atoms with E-state index in [0.717, 1.165) is 27.8 Å². The number of hydrogen-bond acceptors (Lipinski definition) is 7. The lowest BCUT2D eigenvalue weighted by Gasteiger charge is -2.13. The van der Waals surface area contributed by atoms with Gasteiger partial charge in [0.2, 0.25) is 12.7 Å². The minimum atomic E-state index is -0.410. The molecule has 0 aliphatic carbocycles. The third-order valence-corrected chi connectivity index (χ3v) is 6.16. The topological polar surface area (TPSA) is 114 Å². The van der Waals surface area contributed by atoms with Crippen LogP contribution in [0.15, 0.2) is 47.4 Å². The molecule has 0 spiro atoms. The van der Waals surface area contributed by atoms with Crippen LogP contribution < -0.4 is 20.1 Å². The van der Waals surface area contributed by atoms with E-state index in [0.29, 0.717) is 22.0 Å². The molecule has 1 fully saturated rings. The van der Waals surface area contributed by atoms with Crippen molar-refractivity contribution in [1.82, 2.24) is 15.5 Å². The fraction of sp³-hybridized carbons (Fsp3) is 0.250. The molecule has 2 aromatic rings. The number of carbonyl (C=O) groups excluding carboxylic acids is 4. The Morgan fingerprint density at radius 2 is 1.85 bits per heavy atom. The van der Waals surface area contributed by atoms with Crippen LogP contribution in [-0.2, 0) is 9.59 Å². The van der Waals surface area contributed by atoms with Crippen LogP contribution >= 0.6 is 11.8 Å². The molecule has 176 valence electrons. The number of rotatable bonds is 8. The maximum Gasteiger partial charge on any atom is 0.293 e. The molecular formula is C24H23N3O6S. The zero-order chi connectivity index (χ0) is 24.1. The van der Waals surface area contributed by atoms with Crippen LogP contribution in [0.1, 0.15) is 27.9 Å². The number of hydrogen-bond donors (Lipinski definition) is 2. The van der Waals surface area contributed by atoms with Crippen molar-refractivity contribution in [2.24, 2.45) is 0 Å². The number of fused-ring (bicyclic) bond motifs is 1. The normalized spacial score (nSPS) is 15.7. The third-order valence-electron chi connectivity index (χ3n) is 5.25. The van der Waals surface area contributed by atoms with Gasteiger partial charge in [0.05, 0.1) is 4.91 Å². The van der Waals surface area contributed by atoms with E-state index >= 15 is 0 Å². The summed E-state index contributed by atoms with van der Waals surface area (Å²) >= 11 is 0.851. The highest BCUT2D eigenvalue weighted by molar-refractivity contribution is 8.18. The molecule has 2 N–H and O–H groups in total. The molecule has 2 aliphatic heterocycles. The van der Waals surface area contributed by atoms with Gasteiger partial charge in [-0.05, 0) is 54.1 Å².